The third-order valence-electron chi connectivity index (χ3n) is 3.33. The first-order chi connectivity index (χ1) is 11.8. The Labute approximate surface area is 146 Å². The van der Waals surface area contributed by atoms with E-state index in [2.05, 4.69) is 10.6 Å². The fourth-order valence-corrected chi connectivity index (χ4v) is 2.07. The second-order valence-electron chi connectivity index (χ2n) is 5.97. The molecule has 2 amide bonds. The average molecular weight is 352 g/mol. The van der Waals surface area contributed by atoms with E-state index in [0.29, 0.717) is 0 Å². The van der Waals surface area contributed by atoms with Crippen LogP contribution in [0, 0.1) is 5.92 Å². The molecule has 138 valence electrons. The smallest absolute Gasteiger partial charge is 0.408 e. The Morgan fingerprint density at radius 2 is 1.72 bits per heavy atom. The number of carboxylic acids is 1. The molecule has 8 nitrogen and oxygen atoms in total. The minimum absolute atomic E-state index is 0.0114. The molecule has 0 heterocycles. The largest absolute Gasteiger partial charge is 0.480 e. The highest BCUT2D eigenvalue weighted by Crippen LogP contribution is 2.05. The highest BCUT2D eigenvalue weighted by Gasteiger charge is 2.27. The second-order valence-corrected chi connectivity index (χ2v) is 5.97. The molecular formula is C17H24N2O6. The average Bonchev–Trinajstić information content (AvgIpc) is 2.57. The summed E-state index contributed by atoms with van der Waals surface area (Å²) in [6.07, 6.45) is -0.647. The van der Waals surface area contributed by atoms with Gasteiger partial charge in [-0.25, -0.2) is 9.59 Å². The van der Waals surface area contributed by atoms with Crippen molar-refractivity contribution in [2.24, 2.45) is 5.92 Å². The van der Waals surface area contributed by atoms with E-state index in [-0.39, 0.29) is 18.9 Å². The summed E-state index contributed by atoms with van der Waals surface area (Å²) in [6, 6.07) is 6.56. The number of aliphatic carboxylic acids is 1. The van der Waals surface area contributed by atoms with Gasteiger partial charge in [0.15, 0.2) is 0 Å². The number of amides is 2. The molecule has 0 aliphatic rings. The number of carboxylic acid groups (broad SMARTS) is 1. The van der Waals surface area contributed by atoms with Gasteiger partial charge in [-0.15, -0.1) is 0 Å². The van der Waals surface area contributed by atoms with Crippen molar-refractivity contribution in [1.82, 2.24) is 10.6 Å². The van der Waals surface area contributed by atoms with Gasteiger partial charge in [0.2, 0.25) is 5.91 Å². The van der Waals surface area contributed by atoms with Gasteiger partial charge in [0.25, 0.3) is 0 Å². The van der Waals surface area contributed by atoms with Crippen molar-refractivity contribution in [3.63, 3.8) is 0 Å². The van der Waals surface area contributed by atoms with Gasteiger partial charge in [0, 0.05) is 0 Å². The Bertz CT molecular complexity index is 576. The van der Waals surface area contributed by atoms with Gasteiger partial charge in [0.05, 0.1) is 6.61 Å². The molecule has 2 atom stereocenters. The van der Waals surface area contributed by atoms with E-state index in [9.17, 15) is 19.5 Å². The summed E-state index contributed by atoms with van der Waals surface area (Å²) < 4.78 is 4.97. The van der Waals surface area contributed by atoms with Crippen LogP contribution < -0.4 is 10.6 Å². The molecule has 0 spiro atoms. The van der Waals surface area contributed by atoms with Crippen molar-refractivity contribution in [3.8, 4) is 0 Å². The molecule has 1 rings (SSSR count). The van der Waals surface area contributed by atoms with Crippen LogP contribution in [0.5, 0.6) is 0 Å². The predicted octanol–water partition coefficient (Wildman–Crippen LogP) is 0.889. The summed E-state index contributed by atoms with van der Waals surface area (Å²) in [5.41, 5.74) is 0.769. The summed E-state index contributed by atoms with van der Waals surface area (Å²) in [5.74, 6) is -1.91. The van der Waals surface area contributed by atoms with E-state index in [4.69, 9.17) is 9.84 Å². The molecule has 0 fully saturated rings. The van der Waals surface area contributed by atoms with Crippen molar-refractivity contribution in [1.29, 1.82) is 0 Å². The molecule has 0 saturated heterocycles. The molecule has 0 radical (unpaired) electrons. The summed E-state index contributed by atoms with van der Waals surface area (Å²) in [4.78, 5) is 35.0. The normalized spacial score (nSPS) is 13.0. The molecule has 0 aliphatic carbocycles. The monoisotopic (exact) mass is 352 g/mol. The van der Waals surface area contributed by atoms with Gasteiger partial charge < -0.3 is 25.6 Å². The van der Waals surface area contributed by atoms with E-state index in [1.807, 2.05) is 19.9 Å². The third-order valence-corrected chi connectivity index (χ3v) is 3.33. The first-order valence-electron chi connectivity index (χ1n) is 7.94. The number of aliphatic hydroxyl groups is 1. The number of benzene rings is 1. The van der Waals surface area contributed by atoms with Crippen LogP contribution in [0.25, 0.3) is 0 Å². The van der Waals surface area contributed by atoms with Crippen LogP contribution in [0.4, 0.5) is 4.79 Å². The lowest BCUT2D eigenvalue weighted by Crippen LogP contribution is -2.53. The number of hydrogen-bond donors (Lipinski definition) is 4. The molecule has 4 N–H and O–H groups in total. The third kappa shape index (κ3) is 7.67. The van der Waals surface area contributed by atoms with Crippen molar-refractivity contribution in [3.05, 3.63) is 35.9 Å². The minimum atomic E-state index is -1.29. The first kappa shape index (κ1) is 20.4. The van der Waals surface area contributed by atoms with E-state index in [1.165, 1.54) is 0 Å². The Hall–Kier alpha value is -2.61. The highest BCUT2D eigenvalue weighted by molar-refractivity contribution is 5.89. The number of hydrogen-bond acceptors (Lipinski definition) is 5. The lowest BCUT2D eigenvalue weighted by atomic mass is 10.0. The van der Waals surface area contributed by atoms with E-state index < -0.39 is 36.7 Å². The fraction of sp³-hybridized carbons (Fsp3) is 0.471. The standard InChI is InChI=1S/C17H24N2O6/c1-11(2)8-13(16(22)23)18-15(21)14(9-20)19-17(24)25-10-12-6-4-3-5-7-12/h3-7,11,13-14,20H,8-10H2,1-2H3,(H,18,21)(H,19,24)(H,22,23). The lowest BCUT2D eigenvalue weighted by Gasteiger charge is -2.20. The van der Waals surface area contributed by atoms with E-state index in [0.717, 1.165) is 5.56 Å². The topological polar surface area (TPSA) is 125 Å². The first-order valence-corrected chi connectivity index (χ1v) is 7.94. The predicted molar refractivity (Wildman–Crippen MR) is 89.7 cm³/mol. The molecule has 8 heteroatoms. The van der Waals surface area contributed by atoms with Crippen molar-refractivity contribution in [2.75, 3.05) is 6.61 Å². The van der Waals surface area contributed by atoms with Gasteiger partial charge >= 0.3 is 12.1 Å². The van der Waals surface area contributed by atoms with Crippen LogP contribution in [0.1, 0.15) is 25.8 Å². The second kappa shape index (κ2) is 10.3. The Morgan fingerprint density at radius 3 is 2.24 bits per heavy atom. The maximum atomic E-state index is 12.1. The summed E-state index contributed by atoms with van der Waals surface area (Å²) in [7, 11) is 0. The van der Waals surface area contributed by atoms with Crippen LogP contribution >= 0.6 is 0 Å². The maximum Gasteiger partial charge on any atom is 0.408 e. The van der Waals surface area contributed by atoms with Crippen molar-refractivity contribution in [2.45, 2.75) is 39.0 Å². The molecule has 25 heavy (non-hydrogen) atoms. The van der Waals surface area contributed by atoms with E-state index in [1.54, 1.807) is 24.3 Å². The Morgan fingerprint density at radius 1 is 1.08 bits per heavy atom. The number of aliphatic hydroxyl groups excluding tert-OH is 1. The molecule has 0 bridgehead atoms. The maximum absolute atomic E-state index is 12.1. The molecule has 0 aliphatic heterocycles. The molecule has 1 aromatic rings. The van der Waals surface area contributed by atoms with Crippen LogP contribution in [0.15, 0.2) is 30.3 Å². The van der Waals surface area contributed by atoms with Gasteiger partial charge in [-0.1, -0.05) is 44.2 Å². The molecule has 0 aromatic heterocycles. The summed E-state index contributed by atoms with van der Waals surface area (Å²) in [5, 5.41) is 22.9. The number of alkyl carbamates (subject to hydrolysis) is 1. The lowest BCUT2D eigenvalue weighted by molar-refractivity contribution is -0.142. The Kier molecular flexibility index (Phi) is 8.42. The van der Waals surface area contributed by atoms with Crippen LogP contribution in [0.3, 0.4) is 0 Å². The number of rotatable bonds is 9. The zero-order chi connectivity index (χ0) is 18.8. The molecule has 1 aromatic carbocycles. The van der Waals surface area contributed by atoms with Gasteiger partial charge in [-0.05, 0) is 17.9 Å². The van der Waals surface area contributed by atoms with Gasteiger partial charge in [0.1, 0.15) is 18.7 Å². The SMILES string of the molecule is CC(C)CC(NC(=O)C(CO)NC(=O)OCc1ccccc1)C(=O)O. The van der Waals surface area contributed by atoms with E-state index >= 15 is 0 Å². The number of ether oxygens (including phenoxy) is 1. The Balaban J connectivity index is 2.54. The summed E-state index contributed by atoms with van der Waals surface area (Å²) >= 11 is 0. The fourth-order valence-electron chi connectivity index (χ4n) is 2.07. The zero-order valence-electron chi connectivity index (χ0n) is 14.3. The molecule has 0 saturated carbocycles. The quantitative estimate of drug-likeness (QED) is 0.523. The van der Waals surface area contributed by atoms with Crippen LogP contribution in [0.2, 0.25) is 0 Å². The van der Waals surface area contributed by atoms with Crippen molar-refractivity contribution < 1.29 is 29.3 Å². The minimum Gasteiger partial charge on any atom is -0.480 e. The zero-order valence-corrected chi connectivity index (χ0v) is 14.3. The number of carbonyl (C=O) groups is 3. The number of carbonyl (C=O) groups excluding carboxylic acids is 2. The van der Waals surface area contributed by atoms with Gasteiger partial charge in [-0.2, -0.15) is 0 Å². The van der Waals surface area contributed by atoms with Gasteiger partial charge in [-0.3, -0.25) is 4.79 Å². The van der Waals surface area contributed by atoms with Crippen LogP contribution in [-0.4, -0.2) is 46.9 Å². The molecular weight excluding hydrogens is 328 g/mol. The van der Waals surface area contributed by atoms with Crippen molar-refractivity contribution >= 4 is 18.0 Å². The molecule has 2 unspecified atom stereocenters. The van der Waals surface area contributed by atoms with Crippen LogP contribution in [-0.2, 0) is 20.9 Å². The number of nitrogens with one attached hydrogen (secondary N) is 2. The highest BCUT2D eigenvalue weighted by atomic mass is 16.5. The summed E-state index contributed by atoms with van der Waals surface area (Å²) in [6.45, 7) is 2.98.